The molecule has 2 heterocycles. The lowest BCUT2D eigenvalue weighted by Crippen LogP contribution is -2.30. The highest BCUT2D eigenvalue weighted by Crippen LogP contribution is 2.24. The average molecular weight is 365 g/mol. The van der Waals surface area contributed by atoms with Crippen molar-refractivity contribution in [2.75, 3.05) is 18.4 Å². The van der Waals surface area contributed by atoms with Gasteiger partial charge in [0, 0.05) is 25.2 Å². The highest BCUT2D eigenvalue weighted by atomic mass is 32.1. The van der Waals surface area contributed by atoms with Crippen molar-refractivity contribution >= 4 is 39.1 Å². The van der Waals surface area contributed by atoms with E-state index in [0.29, 0.717) is 13.1 Å². The lowest BCUT2D eigenvalue weighted by molar-refractivity contribution is -0.128. The fourth-order valence-electron chi connectivity index (χ4n) is 3.25. The molecule has 4 rings (SSSR count). The van der Waals surface area contributed by atoms with Crippen molar-refractivity contribution in [3.63, 3.8) is 0 Å². The highest BCUT2D eigenvalue weighted by Gasteiger charge is 2.34. The minimum atomic E-state index is -0.296. The Labute approximate surface area is 155 Å². The van der Waals surface area contributed by atoms with E-state index >= 15 is 0 Å². The first-order chi connectivity index (χ1) is 12.7. The maximum Gasteiger partial charge on any atom is 0.229 e. The Kier molecular flexibility index (Phi) is 4.67. The molecule has 1 aromatic heterocycles. The van der Waals surface area contributed by atoms with E-state index < -0.39 is 0 Å². The molecule has 0 saturated carbocycles. The number of carbonyl (C=O) groups is 2. The summed E-state index contributed by atoms with van der Waals surface area (Å²) < 4.78 is 1.04. The molecule has 1 aliphatic heterocycles. The second kappa shape index (κ2) is 7.25. The van der Waals surface area contributed by atoms with Crippen molar-refractivity contribution in [3.05, 3.63) is 59.6 Å². The van der Waals surface area contributed by atoms with Gasteiger partial charge in [-0.15, -0.1) is 11.3 Å². The van der Waals surface area contributed by atoms with Gasteiger partial charge >= 0.3 is 0 Å². The Morgan fingerprint density at radius 1 is 1.23 bits per heavy atom. The van der Waals surface area contributed by atoms with Gasteiger partial charge in [-0.05, 0) is 30.2 Å². The van der Waals surface area contributed by atoms with Crippen molar-refractivity contribution in [2.45, 2.75) is 12.8 Å². The summed E-state index contributed by atoms with van der Waals surface area (Å²) in [7, 11) is 0. The Hall–Kier alpha value is -2.73. The predicted octanol–water partition coefficient (Wildman–Crippen LogP) is 3.33. The van der Waals surface area contributed by atoms with Crippen LogP contribution in [0.1, 0.15) is 12.0 Å². The number of anilines is 1. The summed E-state index contributed by atoms with van der Waals surface area (Å²) in [5, 5.41) is 2.94. The number of nitrogens with one attached hydrogen (secondary N) is 1. The molecule has 0 aliphatic carbocycles. The summed E-state index contributed by atoms with van der Waals surface area (Å²) >= 11 is 1.54. The molecule has 132 valence electrons. The molecule has 5 nitrogen and oxygen atoms in total. The van der Waals surface area contributed by atoms with Crippen LogP contribution >= 0.6 is 11.3 Å². The zero-order valence-corrected chi connectivity index (χ0v) is 15.0. The van der Waals surface area contributed by atoms with Crippen molar-refractivity contribution in [1.82, 2.24) is 9.88 Å². The Balaban J connectivity index is 1.35. The van der Waals surface area contributed by atoms with E-state index in [4.69, 9.17) is 0 Å². The summed E-state index contributed by atoms with van der Waals surface area (Å²) in [5.74, 6) is -0.334. The normalized spacial score (nSPS) is 17.0. The van der Waals surface area contributed by atoms with Crippen LogP contribution in [-0.2, 0) is 16.0 Å². The van der Waals surface area contributed by atoms with Crippen molar-refractivity contribution in [1.29, 1.82) is 0 Å². The third-order valence-electron chi connectivity index (χ3n) is 4.70. The molecule has 0 spiro atoms. The molecule has 0 bridgehead atoms. The van der Waals surface area contributed by atoms with E-state index in [1.807, 2.05) is 36.4 Å². The predicted molar refractivity (Wildman–Crippen MR) is 103 cm³/mol. The van der Waals surface area contributed by atoms with E-state index in [0.717, 1.165) is 22.3 Å². The molecule has 0 radical (unpaired) electrons. The van der Waals surface area contributed by atoms with Gasteiger partial charge in [-0.3, -0.25) is 9.59 Å². The number of hydrogen-bond acceptors (Lipinski definition) is 4. The number of amides is 2. The molecule has 2 amide bonds. The maximum absolute atomic E-state index is 12.6. The largest absolute Gasteiger partial charge is 0.342 e. The summed E-state index contributed by atoms with van der Waals surface area (Å²) in [6, 6.07) is 15.8. The van der Waals surface area contributed by atoms with Gasteiger partial charge in [0.2, 0.25) is 11.8 Å². The molecule has 1 saturated heterocycles. The van der Waals surface area contributed by atoms with Crippen LogP contribution in [0.5, 0.6) is 0 Å². The first-order valence-electron chi connectivity index (χ1n) is 8.65. The van der Waals surface area contributed by atoms with Crippen LogP contribution in [0.25, 0.3) is 10.2 Å². The van der Waals surface area contributed by atoms with Gasteiger partial charge in [0.15, 0.2) is 0 Å². The zero-order chi connectivity index (χ0) is 17.9. The number of benzene rings is 2. The molecule has 1 atom stereocenters. The van der Waals surface area contributed by atoms with Crippen molar-refractivity contribution in [2.24, 2.45) is 5.92 Å². The fraction of sp³-hybridized carbons (Fsp3) is 0.250. The number of rotatable bonds is 5. The Morgan fingerprint density at radius 3 is 2.92 bits per heavy atom. The minimum absolute atomic E-state index is 0.0546. The fourth-order valence-corrected chi connectivity index (χ4v) is 3.97. The highest BCUT2D eigenvalue weighted by molar-refractivity contribution is 7.16. The Bertz CT molecular complexity index is 938. The number of nitrogens with zero attached hydrogens (tertiary/aromatic N) is 2. The number of fused-ring (bicyclic) bond motifs is 1. The van der Waals surface area contributed by atoms with E-state index in [9.17, 15) is 9.59 Å². The van der Waals surface area contributed by atoms with Gasteiger partial charge in [0.05, 0.1) is 21.6 Å². The molecule has 2 aromatic carbocycles. The SMILES string of the molecule is O=C(Nc1ccc2ncsc2c1)[C@@H]1CC(=O)N(CCc2ccccc2)C1. The van der Waals surface area contributed by atoms with Gasteiger partial charge in [-0.1, -0.05) is 30.3 Å². The average Bonchev–Trinajstić information content (AvgIpc) is 3.27. The van der Waals surface area contributed by atoms with Crippen LogP contribution in [0.2, 0.25) is 0 Å². The summed E-state index contributed by atoms with van der Waals surface area (Å²) in [6.45, 7) is 1.14. The molecule has 1 fully saturated rings. The van der Waals surface area contributed by atoms with E-state index in [1.165, 1.54) is 5.56 Å². The summed E-state index contributed by atoms with van der Waals surface area (Å²) in [5.41, 5.74) is 4.67. The van der Waals surface area contributed by atoms with E-state index in [2.05, 4.69) is 22.4 Å². The molecule has 6 heteroatoms. The molecule has 3 aromatic rings. The minimum Gasteiger partial charge on any atom is -0.342 e. The molecule has 1 aliphatic rings. The zero-order valence-electron chi connectivity index (χ0n) is 14.2. The van der Waals surface area contributed by atoms with Crippen LogP contribution in [0.3, 0.4) is 0 Å². The first kappa shape index (κ1) is 16.7. The smallest absolute Gasteiger partial charge is 0.229 e. The molecule has 1 N–H and O–H groups in total. The molecule has 0 unspecified atom stereocenters. The number of thiazole rings is 1. The van der Waals surface area contributed by atoms with Crippen molar-refractivity contribution in [3.8, 4) is 0 Å². The van der Waals surface area contributed by atoms with Gasteiger partial charge in [0.25, 0.3) is 0 Å². The second-order valence-electron chi connectivity index (χ2n) is 6.50. The number of hydrogen-bond donors (Lipinski definition) is 1. The number of likely N-dealkylation sites (tertiary alicyclic amines) is 1. The standard InChI is InChI=1S/C20H19N3O2S/c24-19-10-15(12-23(19)9-8-14-4-2-1-3-5-14)20(25)22-16-6-7-17-18(11-16)26-13-21-17/h1-7,11,13,15H,8-10,12H2,(H,22,25)/t15-/m1/s1. The monoisotopic (exact) mass is 365 g/mol. The van der Waals surface area contributed by atoms with Crippen LogP contribution in [0.15, 0.2) is 54.0 Å². The van der Waals surface area contributed by atoms with E-state index in [1.54, 1.807) is 21.7 Å². The van der Waals surface area contributed by atoms with Crippen LogP contribution in [0.4, 0.5) is 5.69 Å². The lowest BCUT2D eigenvalue weighted by atomic mass is 10.1. The first-order valence-corrected chi connectivity index (χ1v) is 9.53. The van der Waals surface area contributed by atoms with Crippen molar-refractivity contribution < 1.29 is 9.59 Å². The Morgan fingerprint density at radius 2 is 2.08 bits per heavy atom. The second-order valence-corrected chi connectivity index (χ2v) is 7.39. The maximum atomic E-state index is 12.6. The summed E-state index contributed by atoms with van der Waals surface area (Å²) in [4.78, 5) is 30.8. The third-order valence-corrected chi connectivity index (χ3v) is 5.49. The van der Waals surface area contributed by atoms with Crippen LogP contribution in [0, 0.1) is 5.92 Å². The third kappa shape index (κ3) is 3.60. The topological polar surface area (TPSA) is 62.3 Å². The molecular formula is C20H19N3O2S. The van der Waals surface area contributed by atoms with Crippen LogP contribution in [-0.4, -0.2) is 34.8 Å². The number of carbonyl (C=O) groups excluding carboxylic acids is 2. The van der Waals surface area contributed by atoms with Gasteiger partial charge in [-0.2, -0.15) is 0 Å². The van der Waals surface area contributed by atoms with Gasteiger partial charge in [-0.25, -0.2) is 4.98 Å². The molecule has 26 heavy (non-hydrogen) atoms. The van der Waals surface area contributed by atoms with Crippen LogP contribution < -0.4 is 5.32 Å². The van der Waals surface area contributed by atoms with Gasteiger partial charge in [0.1, 0.15) is 0 Å². The van der Waals surface area contributed by atoms with Gasteiger partial charge < -0.3 is 10.2 Å². The number of aromatic nitrogens is 1. The lowest BCUT2D eigenvalue weighted by Gasteiger charge is -2.16. The quantitative estimate of drug-likeness (QED) is 0.754. The molecular weight excluding hydrogens is 346 g/mol. The van der Waals surface area contributed by atoms with E-state index in [-0.39, 0.29) is 24.2 Å². The summed E-state index contributed by atoms with van der Waals surface area (Å²) in [6.07, 6.45) is 1.09.